The number of hydrogen-bond acceptors (Lipinski definition) is 2. The van der Waals surface area contributed by atoms with E-state index in [0.717, 1.165) is 17.9 Å². The number of ether oxygens (including phenoxy) is 1. The van der Waals surface area contributed by atoms with Crippen molar-refractivity contribution >= 4 is 12.0 Å². The van der Waals surface area contributed by atoms with Crippen molar-refractivity contribution < 1.29 is 4.74 Å². The topological polar surface area (TPSA) is 21.6 Å². The second kappa shape index (κ2) is 3.98. The number of allylic oxidation sites excluding steroid dienone is 1. The summed E-state index contributed by atoms with van der Waals surface area (Å²) in [7, 11) is 0. The molecule has 18 heavy (non-hydrogen) atoms. The summed E-state index contributed by atoms with van der Waals surface area (Å²) in [5.41, 5.74) is 3.96. The van der Waals surface area contributed by atoms with Gasteiger partial charge in [0.15, 0.2) is 0 Å². The Kier molecular flexibility index (Phi) is 2.54. The lowest BCUT2D eigenvalue weighted by Crippen LogP contribution is -2.25. The standard InChI is InChI=1S/C16H19NO/c1-16(2,3)14-10-18-15(17-14)13-9-5-7-11-6-4-8-12(11)13/h4-5,7-9,14H,6,10H2,1-3H3/t14-/m0/s1. The van der Waals surface area contributed by atoms with Gasteiger partial charge in [-0.2, -0.15) is 0 Å². The predicted octanol–water partition coefficient (Wildman–Crippen LogP) is 3.45. The highest BCUT2D eigenvalue weighted by atomic mass is 16.5. The molecule has 1 heterocycles. The SMILES string of the molecule is CC(C)(C)[C@@H]1COC(c2cccc3c2C=CC3)=N1. The Morgan fingerprint density at radius 3 is 2.83 bits per heavy atom. The maximum atomic E-state index is 5.82. The highest BCUT2D eigenvalue weighted by molar-refractivity contribution is 5.99. The number of rotatable bonds is 1. The largest absolute Gasteiger partial charge is 0.475 e. The highest BCUT2D eigenvalue weighted by Gasteiger charge is 2.31. The zero-order valence-corrected chi connectivity index (χ0v) is 11.2. The van der Waals surface area contributed by atoms with Gasteiger partial charge in [0.25, 0.3) is 0 Å². The average molecular weight is 241 g/mol. The summed E-state index contributed by atoms with van der Waals surface area (Å²) >= 11 is 0. The summed E-state index contributed by atoms with van der Waals surface area (Å²) in [6, 6.07) is 6.64. The van der Waals surface area contributed by atoms with E-state index in [0.29, 0.717) is 6.61 Å². The van der Waals surface area contributed by atoms with Gasteiger partial charge in [-0.05, 0) is 29.0 Å². The van der Waals surface area contributed by atoms with Gasteiger partial charge in [-0.1, -0.05) is 45.1 Å². The van der Waals surface area contributed by atoms with Gasteiger partial charge in [0.1, 0.15) is 6.61 Å². The first-order valence-corrected chi connectivity index (χ1v) is 6.55. The van der Waals surface area contributed by atoms with Crippen LogP contribution in [0.1, 0.15) is 37.5 Å². The quantitative estimate of drug-likeness (QED) is 0.738. The smallest absolute Gasteiger partial charge is 0.217 e. The second-order valence-electron chi connectivity index (χ2n) is 6.11. The molecule has 0 bridgehead atoms. The molecule has 0 spiro atoms. The first kappa shape index (κ1) is 11.5. The van der Waals surface area contributed by atoms with Crippen LogP contribution < -0.4 is 0 Å². The van der Waals surface area contributed by atoms with E-state index in [9.17, 15) is 0 Å². The van der Waals surface area contributed by atoms with Crippen LogP contribution in [0.3, 0.4) is 0 Å². The first-order valence-electron chi connectivity index (χ1n) is 6.55. The lowest BCUT2D eigenvalue weighted by Gasteiger charge is -2.21. The third kappa shape index (κ3) is 1.86. The highest BCUT2D eigenvalue weighted by Crippen LogP contribution is 2.30. The minimum Gasteiger partial charge on any atom is -0.475 e. The van der Waals surface area contributed by atoms with E-state index in [-0.39, 0.29) is 11.5 Å². The van der Waals surface area contributed by atoms with Crippen LogP contribution in [0.5, 0.6) is 0 Å². The van der Waals surface area contributed by atoms with Crippen LogP contribution in [0.4, 0.5) is 0 Å². The minimum atomic E-state index is 0.162. The molecule has 0 unspecified atom stereocenters. The summed E-state index contributed by atoms with van der Waals surface area (Å²) in [6.07, 6.45) is 5.41. The zero-order valence-electron chi connectivity index (χ0n) is 11.2. The Bertz CT molecular complexity index is 535. The molecule has 0 N–H and O–H groups in total. The van der Waals surface area contributed by atoms with Crippen molar-refractivity contribution in [1.82, 2.24) is 0 Å². The number of fused-ring (bicyclic) bond motifs is 1. The molecule has 0 aromatic heterocycles. The average Bonchev–Trinajstić information content (AvgIpc) is 2.96. The van der Waals surface area contributed by atoms with E-state index in [1.807, 2.05) is 0 Å². The molecule has 1 aromatic carbocycles. The van der Waals surface area contributed by atoms with Crippen LogP contribution in [-0.4, -0.2) is 18.5 Å². The van der Waals surface area contributed by atoms with Gasteiger partial charge < -0.3 is 4.74 Å². The molecule has 2 aliphatic rings. The van der Waals surface area contributed by atoms with Gasteiger partial charge in [0.05, 0.1) is 6.04 Å². The fraction of sp³-hybridized carbons (Fsp3) is 0.438. The van der Waals surface area contributed by atoms with E-state index in [4.69, 9.17) is 9.73 Å². The van der Waals surface area contributed by atoms with Crippen LogP contribution in [0, 0.1) is 5.41 Å². The van der Waals surface area contributed by atoms with Crippen molar-refractivity contribution in [3.8, 4) is 0 Å². The molecule has 94 valence electrons. The van der Waals surface area contributed by atoms with Crippen LogP contribution in [-0.2, 0) is 11.2 Å². The van der Waals surface area contributed by atoms with Gasteiger partial charge in [-0.3, -0.25) is 0 Å². The third-order valence-corrected chi connectivity index (χ3v) is 3.70. The van der Waals surface area contributed by atoms with Crippen molar-refractivity contribution in [2.75, 3.05) is 6.61 Å². The summed E-state index contributed by atoms with van der Waals surface area (Å²) in [5.74, 6) is 0.818. The zero-order chi connectivity index (χ0) is 12.8. The number of benzene rings is 1. The molecule has 1 aliphatic carbocycles. The van der Waals surface area contributed by atoms with Crippen molar-refractivity contribution in [2.45, 2.75) is 33.2 Å². The Morgan fingerprint density at radius 2 is 2.11 bits per heavy atom. The van der Waals surface area contributed by atoms with Crippen LogP contribution >= 0.6 is 0 Å². The normalized spacial score (nSPS) is 21.7. The molecule has 0 saturated heterocycles. The minimum absolute atomic E-state index is 0.162. The van der Waals surface area contributed by atoms with Gasteiger partial charge in [-0.25, -0.2) is 4.99 Å². The third-order valence-electron chi connectivity index (χ3n) is 3.70. The van der Waals surface area contributed by atoms with Gasteiger partial charge >= 0.3 is 0 Å². The van der Waals surface area contributed by atoms with Crippen LogP contribution in [0.25, 0.3) is 6.08 Å². The Morgan fingerprint density at radius 1 is 1.28 bits per heavy atom. The molecule has 2 heteroatoms. The van der Waals surface area contributed by atoms with E-state index in [1.54, 1.807) is 0 Å². The van der Waals surface area contributed by atoms with Crippen molar-refractivity contribution in [3.05, 3.63) is 41.0 Å². The van der Waals surface area contributed by atoms with E-state index >= 15 is 0 Å². The molecule has 0 radical (unpaired) electrons. The number of aliphatic imine (C=N–C) groups is 1. The maximum absolute atomic E-state index is 5.82. The van der Waals surface area contributed by atoms with Crippen molar-refractivity contribution in [3.63, 3.8) is 0 Å². The lowest BCUT2D eigenvalue weighted by molar-refractivity contribution is 0.236. The van der Waals surface area contributed by atoms with Crippen LogP contribution in [0.2, 0.25) is 0 Å². The number of hydrogen-bond donors (Lipinski definition) is 0. The Hall–Kier alpha value is -1.57. The van der Waals surface area contributed by atoms with E-state index < -0.39 is 0 Å². The van der Waals surface area contributed by atoms with E-state index in [2.05, 4.69) is 51.1 Å². The molecule has 0 fully saturated rings. The maximum Gasteiger partial charge on any atom is 0.217 e. The fourth-order valence-electron chi connectivity index (χ4n) is 2.44. The summed E-state index contributed by atoms with van der Waals surface area (Å²) in [4.78, 5) is 4.77. The molecule has 0 amide bonds. The van der Waals surface area contributed by atoms with Crippen molar-refractivity contribution in [2.24, 2.45) is 10.4 Å². The molecule has 1 aliphatic heterocycles. The van der Waals surface area contributed by atoms with Crippen LogP contribution in [0.15, 0.2) is 29.3 Å². The molecule has 2 nitrogen and oxygen atoms in total. The molecule has 3 rings (SSSR count). The fourth-order valence-corrected chi connectivity index (χ4v) is 2.44. The van der Waals surface area contributed by atoms with Crippen molar-refractivity contribution in [1.29, 1.82) is 0 Å². The number of nitrogens with zero attached hydrogens (tertiary/aromatic N) is 1. The Labute approximate surface area is 108 Å². The molecule has 0 saturated carbocycles. The van der Waals surface area contributed by atoms with Gasteiger partial charge in [0, 0.05) is 5.56 Å². The second-order valence-corrected chi connectivity index (χ2v) is 6.11. The predicted molar refractivity (Wildman–Crippen MR) is 74.9 cm³/mol. The first-order chi connectivity index (χ1) is 8.55. The lowest BCUT2D eigenvalue weighted by atomic mass is 9.88. The van der Waals surface area contributed by atoms with E-state index in [1.165, 1.54) is 11.1 Å². The molecule has 1 atom stereocenters. The molecular weight excluding hydrogens is 222 g/mol. The Balaban J connectivity index is 1.98. The summed E-state index contributed by atoms with van der Waals surface area (Å²) in [6.45, 7) is 7.33. The summed E-state index contributed by atoms with van der Waals surface area (Å²) in [5, 5.41) is 0. The molecular formula is C16H19NO. The summed E-state index contributed by atoms with van der Waals surface area (Å²) < 4.78 is 5.82. The monoisotopic (exact) mass is 241 g/mol. The van der Waals surface area contributed by atoms with Gasteiger partial charge in [0.2, 0.25) is 5.90 Å². The molecule has 1 aromatic rings. The van der Waals surface area contributed by atoms with Gasteiger partial charge in [-0.15, -0.1) is 0 Å².